The predicted molar refractivity (Wildman–Crippen MR) is 127 cm³/mol. The molecule has 1 amide bonds. The number of ether oxygens (including phenoxy) is 1. The lowest BCUT2D eigenvalue weighted by Crippen LogP contribution is -2.44. The van der Waals surface area contributed by atoms with Gasteiger partial charge in [-0.25, -0.2) is 4.99 Å². The molecule has 9 nitrogen and oxygen atoms in total. The fourth-order valence-corrected chi connectivity index (χ4v) is 4.33. The molecule has 0 aliphatic carbocycles. The van der Waals surface area contributed by atoms with Crippen LogP contribution in [0.15, 0.2) is 52.4 Å². The van der Waals surface area contributed by atoms with Crippen LogP contribution in [0.1, 0.15) is 5.56 Å². The Hall–Kier alpha value is -3.37. The third-order valence-electron chi connectivity index (χ3n) is 5.31. The molecule has 0 radical (unpaired) electrons. The number of nitrogens with one attached hydrogen (secondary N) is 1. The van der Waals surface area contributed by atoms with E-state index in [1.165, 1.54) is 23.9 Å². The fourth-order valence-electron chi connectivity index (χ4n) is 3.50. The third kappa shape index (κ3) is 4.92. The maximum absolute atomic E-state index is 12.6. The van der Waals surface area contributed by atoms with Crippen molar-refractivity contribution in [2.24, 2.45) is 4.99 Å². The molecule has 2 aromatic carbocycles. The van der Waals surface area contributed by atoms with E-state index in [1.54, 1.807) is 43.5 Å². The molecular formula is C22H23N5O4S. The number of hydrogen-bond acceptors (Lipinski definition) is 8. The summed E-state index contributed by atoms with van der Waals surface area (Å²) >= 11 is 1.21. The average molecular weight is 454 g/mol. The van der Waals surface area contributed by atoms with E-state index in [0.717, 1.165) is 37.6 Å². The van der Waals surface area contributed by atoms with Gasteiger partial charge in [-0.05, 0) is 55.2 Å². The van der Waals surface area contributed by atoms with Gasteiger partial charge in [-0.3, -0.25) is 14.9 Å². The summed E-state index contributed by atoms with van der Waals surface area (Å²) < 4.78 is 5.15. The Morgan fingerprint density at radius 3 is 2.53 bits per heavy atom. The molecule has 2 heterocycles. The van der Waals surface area contributed by atoms with E-state index < -0.39 is 4.92 Å². The normalized spacial score (nSPS) is 19.4. The SMILES string of the molecule is COc1ccc(N=C2NC(=O)/C(=C/c3cc([N+](=O)[O-])ccc3N3CCN(C)CC3)S2)cc1. The minimum Gasteiger partial charge on any atom is -0.497 e. The second-order valence-corrected chi connectivity index (χ2v) is 8.50. The molecule has 2 aliphatic heterocycles. The molecule has 0 bridgehead atoms. The second-order valence-electron chi connectivity index (χ2n) is 7.47. The maximum atomic E-state index is 12.6. The molecular weight excluding hydrogens is 430 g/mol. The Labute approximate surface area is 189 Å². The van der Waals surface area contributed by atoms with Gasteiger partial charge < -0.3 is 19.9 Å². The van der Waals surface area contributed by atoms with Gasteiger partial charge in [-0.2, -0.15) is 0 Å². The minimum atomic E-state index is -0.422. The monoisotopic (exact) mass is 453 g/mol. The smallest absolute Gasteiger partial charge is 0.270 e. The molecule has 4 rings (SSSR count). The Morgan fingerprint density at radius 1 is 1.16 bits per heavy atom. The van der Waals surface area contributed by atoms with Crippen molar-refractivity contribution < 1.29 is 14.5 Å². The molecule has 0 unspecified atom stereocenters. The largest absolute Gasteiger partial charge is 0.497 e. The molecule has 0 saturated carbocycles. The Morgan fingerprint density at radius 2 is 1.88 bits per heavy atom. The Balaban J connectivity index is 1.62. The molecule has 166 valence electrons. The molecule has 2 saturated heterocycles. The summed E-state index contributed by atoms with van der Waals surface area (Å²) in [7, 11) is 3.66. The van der Waals surface area contributed by atoms with Gasteiger partial charge in [0.25, 0.3) is 11.6 Å². The average Bonchev–Trinajstić information content (AvgIpc) is 3.13. The number of benzene rings is 2. The molecule has 0 spiro atoms. The van der Waals surface area contributed by atoms with E-state index in [-0.39, 0.29) is 11.6 Å². The molecule has 2 aromatic rings. The van der Waals surface area contributed by atoms with Crippen LogP contribution in [-0.4, -0.2) is 61.2 Å². The summed E-state index contributed by atoms with van der Waals surface area (Å²) in [5.74, 6) is 0.442. The number of carbonyl (C=O) groups is 1. The Bertz CT molecular complexity index is 1090. The topological polar surface area (TPSA) is 100 Å². The fraction of sp³-hybridized carbons (Fsp3) is 0.273. The van der Waals surface area contributed by atoms with Crippen molar-refractivity contribution in [3.05, 3.63) is 63.0 Å². The second kappa shape index (κ2) is 9.41. The highest BCUT2D eigenvalue weighted by molar-refractivity contribution is 8.18. The maximum Gasteiger partial charge on any atom is 0.270 e. The highest BCUT2D eigenvalue weighted by Gasteiger charge is 2.26. The number of aliphatic imine (C=N–C) groups is 1. The predicted octanol–water partition coefficient (Wildman–Crippen LogP) is 3.25. The van der Waals surface area contributed by atoms with Crippen molar-refractivity contribution in [3.8, 4) is 5.75 Å². The number of likely N-dealkylation sites (N-methyl/N-ethyl adjacent to an activating group) is 1. The van der Waals surface area contributed by atoms with Crippen LogP contribution in [0.5, 0.6) is 5.75 Å². The number of non-ortho nitro benzene ring substituents is 1. The summed E-state index contributed by atoms with van der Waals surface area (Å²) in [6.45, 7) is 3.43. The number of amides is 1. The highest BCUT2D eigenvalue weighted by Crippen LogP contribution is 2.33. The summed E-state index contributed by atoms with van der Waals surface area (Å²) in [5, 5.41) is 14.6. The van der Waals surface area contributed by atoms with Gasteiger partial charge in [0.1, 0.15) is 5.75 Å². The number of rotatable bonds is 5. The zero-order valence-electron chi connectivity index (χ0n) is 17.8. The van der Waals surface area contributed by atoms with Crippen LogP contribution in [-0.2, 0) is 4.79 Å². The van der Waals surface area contributed by atoms with Crippen molar-refractivity contribution in [2.75, 3.05) is 45.2 Å². The van der Waals surface area contributed by atoms with Gasteiger partial charge in [0.15, 0.2) is 5.17 Å². The molecule has 0 atom stereocenters. The summed E-state index contributed by atoms with van der Waals surface area (Å²) in [5.41, 5.74) is 2.20. The number of methoxy groups -OCH3 is 1. The van der Waals surface area contributed by atoms with Crippen LogP contribution in [0.4, 0.5) is 17.1 Å². The van der Waals surface area contributed by atoms with E-state index in [0.29, 0.717) is 21.3 Å². The Kier molecular flexibility index (Phi) is 6.42. The van der Waals surface area contributed by atoms with Gasteiger partial charge in [0.05, 0.1) is 22.6 Å². The van der Waals surface area contributed by atoms with Crippen LogP contribution in [0.2, 0.25) is 0 Å². The van der Waals surface area contributed by atoms with Crippen molar-refractivity contribution in [1.82, 2.24) is 10.2 Å². The van der Waals surface area contributed by atoms with Crippen LogP contribution >= 0.6 is 11.8 Å². The number of amidine groups is 1. The molecule has 2 aliphatic rings. The minimum absolute atomic E-state index is 0.00902. The third-order valence-corrected chi connectivity index (χ3v) is 6.22. The van der Waals surface area contributed by atoms with E-state index in [9.17, 15) is 14.9 Å². The van der Waals surface area contributed by atoms with Crippen LogP contribution < -0.4 is 15.0 Å². The number of hydrogen-bond donors (Lipinski definition) is 1. The number of piperazine rings is 1. The standard InChI is InChI=1S/C22H23N5O4S/c1-25-9-11-26(12-10-25)19-8-5-17(27(29)30)13-15(19)14-20-21(28)24-22(32-20)23-16-3-6-18(31-2)7-4-16/h3-8,13-14H,9-12H2,1-2H3,(H,23,24,28)/b20-14-. The van der Waals surface area contributed by atoms with Crippen molar-refractivity contribution in [1.29, 1.82) is 0 Å². The van der Waals surface area contributed by atoms with Crippen LogP contribution in [0.25, 0.3) is 6.08 Å². The number of carbonyl (C=O) groups excluding carboxylic acids is 1. The van der Waals surface area contributed by atoms with Gasteiger partial charge in [-0.1, -0.05) is 0 Å². The van der Waals surface area contributed by atoms with Crippen LogP contribution in [0, 0.1) is 10.1 Å². The van der Waals surface area contributed by atoms with Crippen molar-refractivity contribution >= 4 is 46.0 Å². The first-order valence-corrected chi connectivity index (χ1v) is 10.9. The summed E-state index contributed by atoms with van der Waals surface area (Å²) in [4.78, 5) is 32.8. The lowest BCUT2D eigenvalue weighted by atomic mass is 10.1. The van der Waals surface area contributed by atoms with Gasteiger partial charge in [0, 0.05) is 49.6 Å². The zero-order valence-corrected chi connectivity index (χ0v) is 18.6. The van der Waals surface area contributed by atoms with E-state index in [2.05, 4.69) is 27.2 Å². The van der Waals surface area contributed by atoms with Crippen LogP contribution in [0.3, 0.4) is 0 Å². The summed E-state index contributed by atoms with van der Waals surface area (Å²) in [6, 6.07) is 12.0. The molecule has 32 heavy (non-hydrogen) atoms. The molecule has 2 fully saturated rings. The zero-order chi connectivity index (χ0) is 22.7. The molecule has 1 N–H and O–H groups in total. The number of nitro groups is 1. The quantitative estimate of drug-likeness (QED) is 0.421. The van der Waals surface area contributed by atoms with Crippen molar-refractivity contribution in [2.45, 2.75) is 0 Å². The van der Waals surface area contributed by atoms with Gasteiger partial charge in [0.2, 0.25) is 0 Å². The lowest BCUT2D eigenvalue weighted by Gasteiger charge is -2.34. The van der Waals surface area contributed by atoms with E-state index >= 15 is 0 Å². The first-order chi connectivity index (χ1) is 15.4. The number of anilines is 1. The first kappa shape index (κ1) is 21.8. The summed E-state index contributed by atoms with van der Waals surface area (Å²) in [6.07, 6.45) is 1.71. The van der Waals surface area contributed by atoms with E-state index in [1.807, 2.05) is 0 Å². The van der Waals surface area contributed by atoms with Crippen molar-refractivity contribution in [3.63, 3.8) is 0 Å². The number of nitro benzene ring substituents is 1. The first-order valence-electron chi connectivity index (χ1n) is 10.1. The van der Waals surface area contributed by atoms with Gasteiger partial charge >= 0.3 is 0 Å². The lowest BCUT2D eigenvalue weighted by molar-refractivity contribution is -0.384. The number of thioether (sulfide) groups is 1. The molecule has 0 aromatic heterocycles. The highest BCUT2D eigenvalue weighted by atomic mass is 32.2. The van der Waals surface area contributed by atoms with E-state index in [4.69, 9.17) is 4.74 Å². The van der Waals surface area contributed by atoms with Gasteiger partial charge in [-0.15, -0.1) is 0 Å². The number of nitrogens with zero attached hydrogens (tertiary/aromatic N) is 4. The molecule has 10 heteroatoms.